The lowest BCUT2D eigenvalue weighted by Crippen LogP contribution is -2.45. The van der Waals surface area contributed by atoms with Crippen LogP contribution in [0.15, 0.2) is 46.0 Å². The summed E-state index contributed by atoms with van der Waals surface area (Å²) in [7, 11) is 1.25. The molecule has 3 heterocycles. The normalized spacial score (nSPS) is 22.5. The number of esters is 1. The Morgan fingerprint density at radius 3 is 2.78 bits per heavy atom. The van der Waals surface area contributed by atoms with Crippen LogP contribution in [0.4, 0.5) is 13.2 Å². The van der Waals surface area contributed by atoms with Gasteiger partial charge in [0.25, 0.3) is 0 Å². The second-order valence-electron chi connectivity index (χ2n) is 8.37. The van der Waals surface area contributed by atoms with E-state index in [-0.39, 0.29) is 36.4 Å². The number of alkyl halides is 2. The van der Waals surface area contributed by atoms with Crippen molar-refractivity contribution in [2.24, 2.45) is 4.99 Å². The van der Waals surface area contributed by atoms with E-state index < -0.39 is 37.2 Å². The maximum Gasteiger partial charge on any atom is 0.338 e. The van der Waals surface area contributed by atoms with Crippen molar-refractivity contribution in [3.05, 3.63) is 62.5 Å². The molecule has 0 spiro atoms. The van der Waals surface area contributed by atoms with Crippen LogP contribution >= 0.6 is 22.9 Å². The first-order chi connectivity index (χ1) is 17.5. The molecule has 1 aromatic carbocycles. The number of nitrogens with one attached hydrogen (secondary N) is 1. The molecule has 0 radical (unpaired) electrons. The lowest BCUT2D eigenvalue weighted by atomic mass is 9.95. The van der Waals surface area contributed by atoms with E-state index in [1.807, 2.05) is 4.90 Å². The highest BCUT2D eigenvalue weighted by Gasteiger charge is 2.39. The Hall–Kier alpha value is -2.47. The van der Waals surface area contributed by atoms with Gasteiger partial charge in [0.2, 0.25) is 0 Å². The summed E-state index contributed by atoms with van der Waals surface area (Å²) < 4.78 is 50.9. The zero-order valence-electron chi connectivity index (χ0n) is 19.6. The van der Waals surface area contributed by atoms with E-state index in [1.54, 1.807) is 11.6 Å². The molecular weight excluding hydrogens is 517 g/mol. The van der Waals surface area contributed by atoms with Crippen molar-refractivity contribution in [1.29, 1.82) is 0 Å². The highest BCUT2D eigenvalue weighted by molar-refractivity contribution is 7.11. The standard InChI is InChI=1S/C24H26ClF3N4O3S/c1-34-24(33)20-19(12-32-15(11-27)3-4-16(32)13-35-8-6-26)30-22(23-29-7-9-36-23)31-21(20)17-5-2-14(28)10-18(17)25/h2,5,7,9-10,15-16,21H,3-4,6,8,11-13H2,1H3,(H,30,31). The predicted octanol–water partition coefficient (Wildman–Crippen LogP) is 4.24. The van der Waals surface area contributed by atoms with Gasteiger partial charge in [-0.25, -0.2) is 22.9 Å². The molecule has 2 aliphatic rings. The third kappa shape index (κ3) is 5.74. The number of likely N-dealkylation sites (tertiary alicyclic amines) is 1. The number of aromatic nitrogens is 1. The largest absolute Gasteiger partial charge is 0.466 e. The minimum Gasteiger partial charge on any atom is -0.466 e. The zero-order valence-corrected chi connectivity index (χ0v) is 21.1. The number of aliphatic imine (C=N–C) groups is 1. The van der Waals surface area contributed by atoms with Gasteiger partial charge >= 0.3 is 5.97 Å². The SMILES string of the molecule is COC(=O)C1=C(CN2C(CF)CCC2COCCF)NC(c2nccs2)=NC1c1ccc(F)cc1Cl. The maximum absolute atomic E-state index is 14.0. The molecule has 2 aliphatic heterocycles. The average molecular weight is 543 g/mol. The summed E-state index contributed by atoms with van der Waals surface area (Å²) in [6.07, 6.45) is 2.89. The molecule has 194 valence electrons. The molecule has 1 fully saturated rings. The van der Waals surface area contributed by atoms with Gasteiger partial charge in [-0.3, -0.25) is 9.89 Å². The van der Waals surface area contributed by atoms with Gasteiger partial charge in [0.05, 0.1) is 25.9 Å². The highest BCUT2D eigenvalue weighted by Crippen LogP contribution is 2.37. The Morgan fingerprint density at radius 2 is 2.11 bits per heavy atom. The lowest BCUT2D eigenvalue weighted by molar-refractivity contribution is -0.136. The number of amidine groups is 1. The molecular formula is C24H26ClF3N4O3S. The van der Waals surface area contributed by atoms with Crippen molar-refractivity contribution in [2.45, 2.75) is 31.0 Å². The monoisotopic (exact) mass is 542 g/mol. The number of carbonyl (C=O) groups excluding carboxylic acids is 1. The number of hydrogen-bond acceptors (Lipinski definition) is 8. The van der Waals surface area contributed by atoms with Crippen molar-refractivity contribution in [3.63, 3.8) is 0 Å². The molecule has 0 saturated carbocycles. The number of methoxy groups -OCH3 is 1. The Kier molecular flexibility index (Phi) is 9.00. The molecule has 0 aliphatic carbocycles. The molecule has 1 N–H and O–H groups in total. The van der Waals surface area contributed by atoms with Gasteiger partial charge in [-0.2, -0.15) is 0 Å². The quantitative estimate of drug-likeness (QED) is 0.357. The van der Waals surface area contributed by atoms with Gasteiger partial charge in [-0.1, -0.05) is 17.7 Å². The summed E-state index contributed by atoms with van der Waals surface area (Å²) in [5.74, 6) is -0.769. The van der Waals surface area contributed by atoms with Crippen LogP contribution in [0.2, 0.25) is 5.02 Å². The van der Waals surface area contributed by atoms with Crippen LogP contribution in [0, 0.1) is 5.82 Å². The van der Waals surface area contributed by atoms with Gasteiger partial charge in [0.1, 0.15) is 25.2 Å². The molecule has 4 rings (SSSR count). The zero-order chi connectivity index (χ0) is 25.7. The van der Waals surface area contributed by atoms with Crippen LogP contribution in [0.3, 0.4) is 0 Å². The molecule has 0 amide bonds. The van der Waals surface area contributed by atoms with Gasteiger partial charge in [-0.15, -0.1) is 11.3 Å². The van der Waals surface area contributed by atoms with Crippen LogP contribution in [0.1, 0.15) is 29.5 Å². The molecule has 3 unspecified atom stereocenters. The second-order valence-corrected chi connectivity index (χ2v) is 9.67. The van der Waals surface area contributed by atoms with E-state index in [4.69, 9.17) is 26.1 Å². The smallest absolute Gasteiger partial charge is 0.338 e. The summed E-state index contributed by atoms with van der Waals surface area (Å²) in [6, 6.07) is 2.41. The third-order valence-electron chi connectivity index (χ3n) is 6.25. The van der Waals surface area contributed by atoms with Crippen molar-refractivity contribution >= 4 is 34.7 Å². The molecule has 36 heavy (non-hydrogen) atoms. The summed E-state index contributed by atoms with van der Waals surface area (Å²) in [4.78, 5) is 24.0. The summed E-state index contributed by atoms with van der Waals surface area (Å²) >= 11 is 7.73. The fraction of sp³-hybridized carbons (Fsp3) is 0.458. The third-order valence-corrected chi connectivity index (χ3v) is 7.35. The second kappa shape index (κ2) is 12.2. The van der Waals surface area contributed by atoms with Crippen molar-refractivity contribution in [3.8, 4) is 0 Å². The first-order valence-corrected chi connectivity index (χ1v) is 12.7. The number of ether oxygens (including phenoxy) is 2. The van der Waals surface area contributed by atoms with Crippen LogP contribution in [-0.4, -0.2) is 74.0 Å². The molecule has 1 aromatic heterocycles. The molecule has 0 bridgehead atoms. The summed E-state index contributed by atoms with van der Waals surface area (Å²) in [6.45, 7) is -0.831. The Morgan fingerprint density at radius 1 is 1.31 bits per heavy atom. The fourth-order valence-corrected chi connectivity index (χ4v) is 5.40. The van der Waals surface area contributed by atoms with Crippen molar-refractivity contribution in [2.75, 3.05) is 40.2 Å². The van der Waals surface area contributed by atoms with E-state index in [1.165, 1.54) is 30.6 Å². The number of halogens is 4. The maximum atomic E-state index is 14.0. The van der Waals surface area contributed by atoms with Crippen LogP contribution in [-0.2, 0) is 14.3 Å². The molecule has 3 atom stereocenters. The Labute approximate surface area is 216 Å². The number of rotatable bonds is 10. The topological polar surface area (TPSA) is 76.0 Å². The van der Waals surface area contributed by atoms with Crippen LogP contribution < -0.4 is 5.32 Å². The van der Waals surface area contributed by atoms with E-state index in [2.05, 4.69) is 10.3 Å². The first-order valence-electron chi connectivity index (χ1n) is 11.4. The molecule has 1 saturated heterocycles. The summed E-state index contributed by atoms with van der Waals surface area (Å²) in [5, 5.41) is 5.67. The minimum absolute atomic E-state index is 0.0367. The van der Waals surface area contributed by atoms with Crippen LogP contribution in [0.25, 0.3) is 0 Å². The van der Waals surface area contributed by atoms with Gasteiger partial charge in [0, 0.05) is 46.5 Å². The average Bonchev–Trinajstić information content (AvgIpc) is 3.54. The van der Waals surface area contributed by atoms with Crippen molar-refractivity contribution in [1.82, 2.24) is 15.2 Å². The number of nitrogens with zero attached hydrogens (tertiary/aromatic N) is 3. The highest BCUT2D eigenvalue weighted by atomic mass is 35.5. The van der Waals surface area contributed by atoms with Gasteiger partial charge in [0.15, 0.2) is 10.8 Å². The van der Waals surface area contributed by atoms with E-state index in [9.17, 15) is 18.0 Å². The van der Waals surface area contributed by atoms with E-state index >= 15 is 0 Å². The van der Waals surface area contributed by atoms with Crippen LogP contribution in [0.5, 0.6) is 0 Å². The molecule has 7 nitrogen and oxygen atoms in total. The minimum atomic E-state index is -0.909. The predicted molar refractivity (Wildman–Crippen MR) is 131 cm³/mol. The molecule has 12 heteroatoms. The van der Waals surface area contributed by atoms with Gasteiger partial charge in [-0.05, 0) is 25.0 Å². The number of carbonyl (C=O) groups is 1. The molecule has 2 aromatic rings. The van der Waals surface area contributed by atoms with E-state index in [0.29, 0.717) is 34.9 Å². The van der Waals surface area contributed by atoms with Crippen molar-refractivity contribution < 1.29 is 27.4 Å². The first kappa shape index (κ1) is 26.6. The Balaban J connectivity index is 1.77. The number of hydrogen-bond donors (Lipinski definition) is 1. The lowest BCUT2D eigenvalue weighted by Gasteiger charge is -2.33. The van der Waals surface area contributed by atoms with Gasteiger partial charge < -0.3 is 14.8 Å². The summed E-state index contributed by atoms with van der Waals surface area (Å²) in [5.41, 5.74) is 1.04. The number of thiazole rings is 1. The number of benzene rings is 1. The Bertz CT molecular complexity index is 1130. The van der Waals surface area contributed by atoms with E-state index in [0.717, 1.165) is 6.07 Å². The fourth-order valence-electron chi connectivity index (χ4n) is 4.54.